The Morgan fingerprint density at radius 2 is 2.00 bits per heavy atom. The van der Waals surface area contributed by atoms with Crippen molar-refractivity contribution in [2.24, 2.45) is 0 Å². The Kier molecular flexibility index (Phi) is 3.34. The van der Waals surface area contributed by atoms with E-state index in [0.717, 1.165) is 4.47 Å². The zero-order valence-corrected chi connectivity index (χ0v) is 11.5. The van der Waals surface area contributed by atoms with Crippen molar-refractivity contribution in [3.05, 3.63) is 34.3 Å². The average molecular weight is 329 g/mol. The fourth-order valence-corrected chi connectivity index (χ4v) is 2.82. The third-order valence-corrected chi connectivity index (χ3v) is 4.06. The molecule has 2 N–H and O–H groups in total. The van der Waals surface area contributed by atoms with Crippen LogP contribution in [0.25, 0.3) is 0 Å². The van der Waals surface area contributed by atoms with E-state index in [1.807, 2.05) is 0 Å². The van der Waals surface area contributed by atoms with Gasteiger partial charge < -0.3 is 19.7 Å². The molecule has 3 rings (SSSR count). The summed E-state index contributed by atoms with van der Waals surface area (Å²) in [6.07, 6.45) is -3.72. The first-order valence-corrected chi connectivity index (χ1v) is 6.82. The standard InChI is InChI=1S/C13H13BrO5/c14-7-3-1-6(2-4-7)10(16)13-11(17)12-8(18-13)5-9(15)19-12/h1-4,8,10-13,16-17H,5H2/t8-,10+,11-,12+,13-/m1/s1. The van der Waals surface area contributed by atoms with Gasteiger partial charge in [-0.15, -0.1) is 0 Å². The molecule has 0 amide bonds. The fourth-order valence-electron chi connectivity index (χ4n) is 2.55. The Morgan fingerprint density at radius 1 is 1.32 bits per heavy atom. The van der Waals surface area contributed by atoms with Crippen LogP contribution >= 0.6 is 15.9 Å². The van der Waals surface area contributed by atoms with Gasteiger partial charge in [0.05, 0.1) is 6.42 Å². The van der Waals surface area contributed by atoms with Crippen LogP contribution in [-0.2, 0) is 14.3 Å². The maximum atomic E-state index is 11.1. The van der Waals surface area contributed by atoms with Gasteiger partial charge in [-0.25, -0.2) is 0 Å². The Morgan fingerprint density at radius 3 is 2.63 bits per heavy atom. The molecule has 2 aliphatic heterocycles. The predicted molar refractivity (Wildman–Crippen MR) is 68.3 cm³/mol. The molecule has 6 heteroatoms. The van der Waals surface area contributed by atoms with E-state index in [1.165, 1.54) is 0 Å². The van der Waals surface area contributed by atoms with E-state index in [0.29, 0.717) is 5.56 Å². The molecule has 1 aromatic rings. The molecule has 5 atom stereocenters. The summed E-state index contributed by atoms with van der Waals surface area (Å²) in [6.45, 7) is 0. The number of aliphatic hydroxyl groups excluding tert-OH is 2. The minimum absolute atomic E-state index is 0.130. The van der Waals surface area contributed by atoms with Gasteiger partial charge in [-0.2, -0.15) is 0 Å². The first-order chi connectivity index (χ1) is 9.06. The Bertz CT molecular complexity index is 488. The van der Waals surface area contributed by atoms with Gasteiger partial charge in [-0.1, -0.05) is 28.1 Å². The van der Waals surface area contributed by atoms with Gasteiger partial charge in [-0.3, -0.25) is 4.79 Å². The number of rotatable bonds is 2. The summed E-state index contributed by atoms with van der Waals surface area (Å²) in [5.74, 6) is -0.370. The highest BCUT2D eigenvalue weighted by Gasteiger charge is 2.53. The summed E-state index contributed by atoms with van der Waals surface area (Å²) in [5, 5.41) is 20.4. The number of hydrogen-bond acceptors (Lipinski definition) is 5. The molecule has 0 radical (unpaired) electrons. The van der Waals surface area contributed by atoms with Crippen LogP contribution in [0.1, 0.15) is 18.1 Å². The second-order valence-corrected chi connectivity index (χ2v) is 5.70. The zero-order chi connectivity index (χ0) is 13.6. The van der Waals surface area contributed by atoms with Crippen molar-refractivity contribution in [1.82, 2.24) is 0 Å². The molecule has 19 heavy (non-hydrogen) atoms. The lowest BCUT2D eigenvalue weighted by molar-refractivity contribution is -0.147. The summed E-state index contributed by atoms with van der Waals surface area (Å²) in [5.41, 5.74) is 0.651. The number of carbonyl (C=O) groups is 1. The van der Waals surface area contributed by atoms with Crippen molar-refractivity contribution in [3.8, 4) is 0 Å². The average Bonchev–Trinajstić information content (AvgIpc) is 2.88. The number of carbonyl (C=O) groups excluding carboxylic acids is 1. The molecule has 2 heterocycles. The van der Waals surface area contributed by atoms with Crippen LogP contribution in [0.3, 0.4) is 0 Å². The quantitative estimate of drug-likeness (QED) is 0.790. The van der Waals surface area contributed by atoms with E-state index in [2.05, 4.69) is 15.9 Å². The van der Waals surface area contributed by atoms with Crippen LogP contribution < -0.4 is 0 Å². The highest BCUT2D eigenvalue weighted by molar-refractivity contribution is 9.10. The van der Waals surface area contributed by atoms with Crippen molar-refractivity contribution in [2.45, 2.75) is 36.9 Å². The number of aliphatic hydroxyl groups is 2. The number of halogens is 1. The molecule has 102 valence electrons. The molecule has 0 aromatic heterocycles. The summed E-state index contributed by atoms with van der Waals surface area (Å²) >= 11 is 3.32. The van der Waals surface area contributed by atoms with Crippen LogP contribution in [0.5, 0.6) is 0 Å². The largest absolute Gasteiger partial charge is 0.457 e. The lowest BCUT2D eigenvalue weighted by Crippen LogP contribution is -2.35. The monoisotopic (exact) mass is 328 g/mol. The zero-order valence-electron chi connectivity index (χ0n) is 9.90. The van der Waals surface area contributed by atoms with E-state index in [4.69, 9.17) is 9.47 Å². The van der Waals surface area contributed by atoms with Crippen molar-refractivity contribution in [3.63, 3.8) is 0 Å². The molecule has 2 saturated heterocycles. The number of esters is 1. The molecule has 2 aliphatic rings. The smallest absolute Gasteiger partial charge is 0.309 e. The molecular weight excluding hydrogens is 316 g/mol. The highest BCUT2D eigenvalue weighted by Crippen LogP contribution is 2.37. The van der Waals surface area contributed by atoms with Gasteiger partial charge in [0.25, 0.3) is 0 Å². The third-order valence-electron chi connectivity index (χ3n) is 3.53. The van der Waals surface area contributed by atoms with Gasteiger partial charge >= 0.3 is 5.97 Å². The van der Waals surface area contributed by atoms with Gasteiger partial charge in [-0.05, 0) is 17.7 Å². The molecule has 0 unspecified atom stereocenters. The summed E-state index contributed by atoms with van der Waals surface area (Å²) < 4.78 is 11.5. The normalized spacial score (nSPS) is 35.0. The number of ether oxygens (including phenoxy) is 2. The van der Waals surface area contributed by atoms with E-state index in [1.54, 1.807) is 24.3 Å². The van der Waals surface area contributed by atoms with Crippen molar-refractivity contribution in [1.29, 1.82) is 0 Å². The van der Waals surface area contributed by atoms with E-state index in [9.17, 15) is 15.0 Å². The minimum atomic E-state index is -1.00. The predicted octanol–water partition coefficient (Wildman–Crippen LogP) is 0.926. The second-order valence-electron chi connectivity index (χ2n) is 4.78. The Hall–Kier alpha value is -0.950. The van der Waals surface area contributed by atoms with Crippen LogP contribution in [0.15, 0.2) is 28.7 Å². The fraction of sp³-hybridized carbons (Fsp3) is 0.462. The van der Waals surface area contributed by atoms with Gasteiger partial charge in [0.1, 0.15) is 24.4 Å². The Labute approximate surface area is 118 Å². The van der Waals surface area contributed by atoms with Crippen LogP contribution in [0.2, 0.25) is 0 Å². The van der Waals surface area contributed by atoms with E-state index >= 15 is 0 Å². The topological polar surface area (TPSA) is 76.0 Å². The first-order valence-electron chi connectivity index (χ1n) is 6.03. The van der Waals surface area contributed by atoms with Crippen molar-refractivity contribution >= 4 is 21.9 Å². The van der Waals surface area contributed by atoms with Crippen molar-refractivity contribution < 1.29 is 24.5 Å². The molecule has 5 nitrogen and oxygen atoms in total. The van der Waals surface area contributed by atoms with Crippen molar-refractivity contribution in [2.75, 3.05) is 0 Å². The number of hydrogen-bond donors (Lipinski definition) is 2. The maximum Gasteiger partial charge on any atom is 0.309 e. The molecule has 0 saturated carbocycles. The highest BCUT2D eigenvalue weighted by atomic mass is 79.9. The molecule has 1 aromatic carbocycles. The summed E-state index contributed by atoms with van der Waals surface area (Å²) in [6, 6.07) is 7.12. The van der Waals surface area contributed by atoms with Crippen LogP contribution in [0, 0.1) is 0 Å². The molecule has 0 aliphatic carbocycles. The van der Waals surface area contributed by atoms with Gasteiger partial charge in [0, 0.05) is 4.47 Å². The summed E-state index contributed by atoms with van der Waals surface area (Å²) in [7, 11) is 0. The summed E-state index contributed by atoms with van der Waals surface area (Å²) in [4.78, 5) is 11.1. The minimum Gasteiger partial charge on any atom is -0.457 e. The lowest BCUT2D eigenvalue weighted by atomic mass is 9.99. The Balaban J connectivity index is 1.77. The first kappa shape index (κ1) is 13.1. The SMILES string of the molecule is O=C1C[C@H]2O[C@H]([C@@H](O)c3ccc(Br)cc3)[C@H](O)[C@H]2O1. The van der Waals surface area contributed by atoms with Crippen LogP contribution in [0.4, 0.5) is 0 Å². The maximum absolute atomic E-state index is 11.1. The molecule has 0 bridgehead atoms. The molecule has 0 spiro atoms. The lowest BCUT2D eigenvalue weighted by Gasteiger charge is -2.22. The van der Waals surface area contributed by atoms with Gasteiger partial charge in [0.2, 0.25) is 0 Å². The third kappa shape index (κ3) is 2.29. The van der Waals surface area contributed by atoms with Crippen LogP contribution in [-0.4, -0.2) is 40.6 Å². The second kappa shape index (κ2) is 4.86. The van der Waals surface area contributed by atoms with E-state index in [-0.39, 0.29) is 12.4 Å². The number of fused-ring (bicyclic) bond motifs is 1. The molecular formula is C13H13BrO5. The number of benzene rings is 1. The van der Waals surface area contributed by atoms with Gasteiger partial charge in [0.15, 0.2) is 6.10 Å². The molecule has 2 fully saturated rings. The van der Waals surface area contributed by atoms with E-state index < -0.39 is 30.5 Å².